The summed E-state index contributed by atoms with van der Waals surface area (Å²) in [5.41, 5.74) is 0. The van der Waals surface area contributed by atoms with Crippen LogP contribution in [-0.2, 0) is 9.59 Å². The Morgan fingerprint density at radius 1 is 0.789 bits per heavy atom. The van der Waals surface area contributed by atoms with Gasteiger partial charge in [-0.3, -0.25) is 9.59 Å². The van der Waals surface area contributed by atoms with Gasteiger partial charge < -0.3 is 10.2 Å². The van der Waals surface area contributed by atoms with Crippen LogP contribution in [0, 0.1) is 0 Å². The van der Waals surface area contributed by atoms with Crippen LogP contribution >= 0.6 is 10.0 Å². The van der Waals surface area contributed by atoms with Gasteiger partial charge in [0.2, 0.25) is 0 Å². The van der Waals surface area contributed by atoms with Crippen molar-refractivity contribution in [3.05, 3.63) is 0 Å². The van der Waals surface area contributed by atoms with Crippen LogP contribution in [0.15, 0.2) is 0 Å². The van der Waals surface area contributed by atoms with Gasteiger partial charge in [0.05, 0.1) is 12.8 Å². The zero-order valence-corrected chi connectivity index (χ0v) is 13.0. The third kappa shape index (κ3) is 8.92. The molecule has 0 saturated carbocycles. The second-order valence-electron chi connectivity index (χ2n) is 5.04. The molecule has 5 heteroatoms. The zero-order valence-electron chi connectivity index (χ0n) is 12.2. The molecule has 0 atom stereocenters. The molecule has 2 N–H and O–H groups in total. The summed E-state index contributed by atoms with van der Waals surface area (Å²) < 4.78 is 0. The fourth-order valence-electron chi connectivity index (χ4n) is 2.12. The zero-order chi connectivity index (χ0) is 14.7. The topological polar surface area (TPSA) is 74.6 Å². The van der Waals surface area contributed by atoms with E-state index in [1.807, 2.05) is 0 Å². The summed E-state index contributed by atoms with van der Waals surface area (Å²) in [6, 6.07) is 0. The van der Waals surface area contributed by atoms with Crippen LogP contribution in [0.1, 0.15) is 52.4 Å². The lowest BCUT2D eigenvalue weighted by Crippen LogP contribution is -2.21. The molecule has 0 saturated heterocycles. The highest BCUT2D eigenvalue weighted by Gasteiger charge is 2.24. The number of carbonyl (C=O) groups is 2. The van der Waals surface area contributed by atoms with Crippen LogP contribution in [0.2, 0.25) is 0 Å². The number of carboxylic acids is 2. The number of hydrogen-bond donors (Lipinski definition) is 2. The van der Waals surface area contributed by atoms with Crippen molar-refractivity contribution in [3.8, 4) is 0 Å². The predicted molar refractivity (Wildman–Crippen MR) is 81.4 cm³/mol. The van der Waals surface area contributed by atoms with Gasteiger partial charge in [-0.1, -0.05) is 26.7 Å². The Bertz CT molecular complexity index is 251. The molecule has 0 rings (SSSR count). The maximum absolute atomic E-state index is 10.8. The van der Waals surface area contributed by atoms with Crippen LogP contribution in [0.25, 0.3) is 0 Å². The Morgan fingerprint density at radius 3 is 1.42 bits per heavy atom. The quantitative estimate of drug-likeness (QED) is 0.578. The Labute approximate surface area is 117 Å². The molecule has 0 bridgehead atoms. The van der Waals surface area contributed by atoms with E-state index in [4.69, 9.17) is 10.2 Å². The van der Waals surface area contributed by atoms with Crippen LogP contribution < -0.4 is 0 Å². The van der Waals surface area contributed by atoms with E-state index in [-0.39, 0.29) is 12.8 Å². The van der Waals surface area contributed by atoms with Crippen LogP contribution in [0.4, 0.5) is 0 Å². The van der Waals surface area contributed by atoms with Gasteiger partial charge in [-0.2, -0.15) is 0 Å². The molecule has 0 heterocycles. The molecule has 0 fully saturated rings. The van der Waals surface area contributed by atoms with Crippen LogP contribution in [0.3, 0.4) is 0 Å². The van der Waals surface area contributed by atoms with Gasteiger partial charge in [-0.25, -0.2) is 10.0 Å². The minimum absolute atomic E-state index is 0.183. The highest BCUT2D eigenvalue weighted by atomic mass is 32.3. The van der Waals surface area contributed by atoms with Gasteiger partial charge in [0.1, 0.15) is 0 Å². The number of rotatable bonds is 12. The summed E-state index contributed by atoms with van der Waals surface area (Å²) >= 11 is 0. The minimum atomic E-state index is -1.07. The van der Waals surface area contributed by atoms with E-state index in [0.29, 0.717) is 11.5 Å². The monoisotopic (exact) mass is 292 g/mol. The molecule has 114 valence electrons. The van der Waals surface area contributed by atoms with E-state index >= 15 is 0 Å². The van der Waals surface area contributed by atoms with Crippen molar-refractivity contribution in [2.24, 2.45) is 0 Å². The van der Waals surface area contributed by atoms with E-state index in [2.05, 4.69) is 13.8 Å². The molecule has 0 unspecified atom stereocenters. The third-order valence-electron chi connectivity index (χ3n) is 3.36. The number of unbranched alkanes of at least 4 members (excludes halogenated alkanes) is 2. The first kappa shape index (κ1) is 18.3. The smallest absolute Gasteiger partial charge is 0.304 e. The fraction of sp³-hybridized carbons (Fsp3) is 0.857. The summed E-state index contributed by atoms with van der Waals surface area (Å²) in [4.78, 5) is 21.7. The molecule has 0 aliphatic carbocycles. The van der Waals surface area contributed by atoms with Crippen LogP contribution in [0.5, 0.6) is 0 Å². The molecular weight excluding hydrogens is 264 g/mol. The summed E-state index contributed by atoms with van der Waals surface area (Å²) in [6.45, 7) is 4.25. The molecule has 0 spiro atoms. The fourth-order valence-corrected chi connectivity index (χ4v) is 6.36. The van der Waals surface area contributed by atoms with Gasteiger partial charge in [-0.05, 0) is 35.9 Å². The molecule has 0 aromatic heterocycles. The van der Waals surface area contributed by atoms with E-state index in [1.165, 1.54) is 0 Å². The lowest BCUT2D eigenvalue weighted by atomic mass is 10.4. The van der Waals surface area contributed by atoms with Crippen molar-refractivity contribution in [2.75, 3.05) is 23.0 Å². The summed E-state index contributed by atoms with van der Waals surface area (Å²) in [5.74, 6) is 1.92. The molecular formula is C14H28O4S. The summed E-state index contributed by atoms with van der Waals surface area (Å²) in [5, 5.41) is 17.8. The van der Waals surface area contributed by atoms with Crippen LogP contribution in [-0.4, -0.2) is 45.2 Å². The molecule has 0 radical (unpaired) electrons. The molecule has 0 amide bonds. The number of carboxylic acid groups (broad SMARTS) is 2. The number of hydrogen-bond acceptors (Lipinski definition) is 2. The molecule has 0 aliphatic heterocycles. The van der Waals surface area contributed by atoms with Gasteiger partial charge in [0.25, 0.3) is 0 Å². The maximum Gasteiger partial charge on any atom is 0.304 e. The molecule has 4 nitrogen and oxygen atoms in total. The van der Waals surface area contributed by atoms with Crippen molar-refractivity contribution in [3.63, 3.8) is 0 Å². The van der Waals surface area contributed by atoms with E-state index in [9.17, 15) is 9.59 Å². The Balaban J connectivity index is 4.71. The minimum Gasteiger partial charge on any atom is -0.481 e. The van der Waals surface area contributed by atoms with Gasteiger partial charge in [0.15, 0.2) is 0 Å². The summed E-state index contributed by atoms with van der Waals surface area (Å²) in [7, 11) is -1.07. The van der Waals surface area contributed by atoms with Crippen molar-refractivity contribution >= 4 is 22.0 Å². The Kier molecular flexibility index (Phi) is 9.74. The summed E-state index contributed by atoms with van der Waals surface area (Å²) in [6.07, 6.45) is 4.70. The highest BCUT2D eigenvalue weighted by molar-refractivity contribution is 8.33. The molecule has 19 heavy (non-hydrogen) atoms. The molecule has 0 aromatic rings. The highest BCUT2D eigenvalue weighted by Crippen LogP contribution is 2.50. The van der Waals surface area contributed by atoms with Gasteiger partial charge >= 0.3 is 11.9 Å². The lowest BCUT2D eigenvalue weighted by molar-refractivity contribution is -0.137. The second-order valence-corrected chi connectivity index (χ2v) is 9.12. The average molecular weight is 292 g/mol. The molecule has 0 aliphatic rings. The van der Waals surface area contributed by atoms with E-state index in [1.54, 1.807) is 0 Å². The number of aliphatic carboxylic acids is 2. The lowest BCUT2D eigenvalue weighted by Gasteiger charge is -2.40. The predicted octanol–water partition coefficient (Wildman–Crippen LogP) is 3.34. The Hall–Kier alpha value is -0.710. The Morgan fingerprint density at radius 2 is 1.16 bits per heavy atom. The standard InChI is InChI=1S/C14H28O4S/c1-3-5-9-19(10-6-4-2,11-7-13(15)16)12-8-14(17)18/h3-12H2,1-2H3,(H,15,16)(H,17,18). The van der Waals surface area contributed by atoms with Gasteiger partial charge in [-0.15, -0.1) is 0 Å². The van der Waals surface area contributed by atoms with Crippen molar-refractivity contribution in [2.45, 2.75) is 52.4 Å². The first-order chi connectivity index (χ1) is 8.95. The SMILES string of the molecule is CCCCS(CCCC)(CCC(=O)O)CCC(=O)O. The largest absolute Gasteiger partial charge is 0.481 e. The van der Waals surface area contributed by atoms with Crippen molar-refractivity contribution in [1.29, 1.82) is 0 Å². The maximum atomic E-state index is 10.8. The first-order valence-electron chi connectivity index (χ1n) is 7.13. The van der Waals surface area contributed by atoms with Crippen molar-refractivity contribution < 1.29 is 19.8 Å². The van der Waals surface area contributed by atoms with E-state index in [0.717, 1.165) is 37.2 Å². The van der Waals surface area contributed by atoms with Gasteiger partial charge in [0, 0.05) is 0 Å². The van der Waals surface area contributed by atoms with E-state index < -0.39 is 22.0 Å². The second kappa shape index (κ2) is 10.1. The molecule has 0 aromatic carbocycles. The van der Waals surface area contributed by atoms with Crippen molar-refractivity contribution in [1.82, 2.24) is 0 Å². The third-order valence-corrected chi connectivity index (χ3v) is 7.81. The average Bonchev–Trinajstić information content (AvgIpc) is 2.37. The normalized spacial score (nSPS) is 12.3. The first-order valence-corrected chi connectivity index (χ1v) is 9.44.